The molecule has 0 amide bonds. The Morgan fingerprint density at radius 2 is 1.79 bits per heavy atom. The van der Waals surface area contributed by atoms with Crippen LogP contribution in [-0.2, 0) is 6.42 Å². The molecule has 0 aliphatic carbocycles. The maximum Gasteiger partial charge on any atom is 0.242 e. The van der Waals surface area contributed by atoms with Crippen LogP contribution in [0.2, 0.25) is 0 Å². The highest BCUT2D eigenvalue weighted by molar-refractivity contribution is 5.23. The van der Waals surface area contributed by atoms with Gasteiger partial charge in [0, 0.05) is 6.42 Å². The number of halogens is 3. The molecule has 0 aromatic heterocycles. The van der Waals surface area contributed by atoms with E-state index in [1.807, 2.05) is 13.8 Å². The molecule has 0 heterocycles. The fraction of sp³-hybridized carbons (Fsp3) is 0.455. The first-order chi connectivity index (χ1) is 6.59. The quantitative estimate of drug-likeness (QED) is 0.683. The number of benzene rings is 1. The van der Waals surface area contributed by atoms with Crippen molar-refractivity contribution in [2.75, 3.05) is 0 Å². The summed E-state index contributed by atoms with van der Waals surface area (Å²) in [5.41, 5.74) is 0.820. The Hall–Kier alpha value is -0.990. The van der Waals surface area contributed by atoms with Gasteiger partial charge < -0.3 is 0 Å². The van der Waals surface area contributed by atoms with Crippen molar-refractivity contribution in [3.05, 3.63) is 35.1 Å². The van der Waals surface area contributed by atoms with E-state index in [0.29, 0.717) is 0 Å². The van der Waals surface area contributed by atoms with Gasteiger partial charge in [0.2, 0.25) is 6.43 Å². The smallest absolute Gasteiger partial charge is 0.210 e. The molecule has 0 aliphatic heterocycles. The first-order valence-corrected chi connectivity index (χ1v) is 4.63. The van der Waals surface area contributed by atoms with Gasteiger partial charge >= 0.3 is 0 Å². The van der Waals surface area contributed by atoms with Crippen LogP contribution in [0.1, 0.15) is 25.0 Å². The zero-order valence-corrected chi connectivity index (χ0v) is 8.65. The van der Waals surface area contributed by atoms with Crippen LogP contribution in [0.5, 0.6) is 0 Å². The molecule has 0 aliphatic rings. The Morgan fingerprint density at radius 1 is 1.21 bits per heavy atom. The van der Waals surface area contributed by atoms with Crippen LogP contribution in [-0.4, -0.2) is 6.43 Å². The molecule has 0 nitrogen and oxygen atoms in total. The largest absolute Gasteiger partial charge is 0.242 e. The molecule has 14 heavy (non-hydrogen) atoms. The highest BCUT2D eigenvalue weighted by Crippen LogP contribution is 2.13. The summed E-state index contributed by atoms with van der Waals surface area (Å²) < 4.78 is 36.5. The predicted molar refractivity (Wildman–Crippen MR) is 52.2 cm³/mol. The van der Waals surface area contributed by atoms with Crippen LogP contribution in [0.15, 0.2) is 18.2 Å². The summed E-state index contributed by atoms with van der Waals surface area (Å²) >= 11 is 0. The van der Waals surface area contributed by atoms with Crippen molar-refractivity contribution in [1.82, 2.24) is 0 Å². The molecule has 3 heteroatoms. The molecule has 80 valence electrons. The first-order valence-electron chi connectivity index (χ1n) is 4.63. The third-order valence-corrected chi connectivity index (χ3v) is 1.58. The van der Waals surface area contributed by atoms with Gasteiger partial charge in [-0.05, 0) is 24.1 Å². The summed E-state index contributed by atoms with van der Waals surface area (Å²) in [6.07, 6.45) is -2.99. The van der Waals surface area contributed by atoms with Crippen molar-refractivity contribution in [3.8, 4) is 0 Å². The van der Waals surface area contributed by atoms with Crippen molar-refractivity contribution in [2.24, 2.45) is 0 Å². The number of hydrogen-bond acceptors (Lipinski definition) is 0. The van der Waals surface area contributed by atoms with Crippen LogP contribution in [0.4, 0.5) is 13.2 Å². The van der Waals surface area contributed by atoms with Crippen molar-refractivity contribution in [2.45, 2.75) is 33.6 Å². The van der Waals surface area contributed by atoms with Gasteiger partial charge in [0.25, 0.3) is 0 Å². The summed E-state index contributed by atoms with van der Waals surface area (Å²) in [6, 6.07) is 4.29. The molecule has 1 aromatic carbocycles. The average Bonchev–Trinajstić information content (AvgIpc) is 2.13. The third-order valence-electron chi connectivity index (χ3n) is 1.58. The first kappa shape index (κ1) is 13.0. The molecule has 0 radical (unpaired) electrons. The van der Waals surface area contributed by atoms with Crippen molar-refractivity contribution in [3.63, 3.8) is 0 Å². The standard InChI is InChI=1S/C9H9F3.C2H6/c1-6-2-3-7(5-9(11)12)8(10)4-6;1-2/h2-4,9H,5H2,1H3;1-2H3. The van der Waals surface area contributed by atoms with Crippen LogP contribution in [0.25, 0.3) is 0 Å². The molecule has 0 atom stereocenters. The zero-order chi connectivity index (χ0) is 11.1. The Kier molecular flexibility index (Phi) is 6.00. The lowest BCUT2D eigenvalue weighted by Gasteiger charge is -2.02. The molecule has 1 rings (SSSR count). The highest BCUT2D eigenvalue weighted by Gasteiger charge is 2.08. The summed E-state index contributed by atoms with van der Waals surface area (Å²) in [5.74, 6) is -0.546. The van der Waals surface area contributed by atoms with Crippen molar-refractivity contribution < 1.29 is 13.2 Å². The van der Waals surface area contributed by atoms with Gasteiger partial charge in [-0.25, -0.2) is 13.2 Å². The fourth-order valence-electron chi connectivity index (χ4n) is 0.984. The molecule has 0 spiro atoms. The van der Waals surface area contributed by atoms with E-state index in [-0.39, 0.29) is 5.56 Å². The van der Waals surface area contributed by atoms with E-state index in [1.54, 1.807) is 13.0 Å². The van der Waals surface area contributed by atoms with E-state index in [0.717, 1.165) is 5.56 Å². The molecule has 0 saturated carbocycles. The van der Waals surface area contributed by atoms with Crippen molar-refractivity contribution in [1.29, 1.82) is 0 Å². The Morgan fingerprint density at radius 3 is 2.21 bits per heavy atom. The molecule has 1 aromatic rings. The summed E-state index contributed by atoms with van der Waals surface area (Å²) in [4.78, 5) is 0. The second-order valence-electron chi connectivity index (χ2n) is 2.69. The Labute approximate surface area is 82.8 Å². The van der Waals surface area contributed by atoms with Gasteiger partial charge in [0.05, 0.1) is 0 Å². The second-order valence-corrected chi connectivity index (χ2v) is 2.69. The van der Waals surface area contributed by atoms with Crippen molar-refractivity contribution >= 4 is 0 Å². The normalized spacial score (nSPS) is 9.64. The lowest BCUT2D eigenvalue weighted by Crippen LogP contribution is -1.99. The lowest BCUT2D eigenvalue weighted by molar-refractivity contribution is 0.148. The van der Waals surface area contributed by atoms with Crippen LogP contribution in [0, 0.1) is 12.7 Å². The second kappa shape index (κ2) is 6.46. The Bertz CT molecular complexity index is 269. The molecule has 0 bridgehead atoms. The van der Waals surface area contributed by atoms with Crippen LogP contribution in [0.3, 0.4) is 0 Å². The summed E-state index contributed by atoms with van der Waals surface area (Å²) in [6.45, 7) is 5.72. The maximum absolute atomic E-state index is 12.9. The molecule has 0 unspecified atom stereocenters. The number of alkyl halides is 2. The SMILES string of the molecule is CC.Cc1ccc(CC(F)F)c(F)c1. The minimum atomic E-state index is -2.48. The van der Waals surface area contributed by atoms with E-state index in [9.17, 15) is 13.2 Å². The van der Waals surface area contributed by atoms with Crippen LogP contribution >= 0.6 is 0 Å². The van der Waals surface area contributed by atoms with Gasteiger partial charge in [-0.1, -0.05) is 26.0 Å². The van der Waals surface area contributed by atoms with E-state index in [1.165, 1.54) is 12.1 Å². The predicted octanol–water partition coefficient (Wildman–Crippen LogP) is 3.97. The minimum Gasteiger partial charge on any atom is -0.210 e. The lowest BCUT2D eigenvalue weighted by atomic mass is 10.1. The summed E-state index contributed by atoms with van der Waals surface area (Å²) in [5, 5.41) is 0. The molecule has 0 fully saturated rings. The van der Waals surface area contributed by atoms with Gasteiger partial charge in [0.1, 0.15) is 5.82 Å². The topological polar surface area (TPSA) is 0 Å². The molecule has 0 saturated heterocycles. The summed E-state index contributed by atoms with van der Waals surface area (Å²) in [7, 11) is 0. The number of aryl methyl sites for hydroxylation is 1. The molecular formula is C11H15F3. The molecule has 0 N–H and O–H groups in total. The van der Waals surface area contributed by atoms with Gasteiger partial charge in [-0.2, -0.15) is 0 Å². The maximum atomic E-state index is 12.9. The zero-order valence-electron chi connectivity index (χ0n) is 8.65. The van der Waals surface area contributed by atoms with Crippen LogP contribution < -0.4 is 0 Å². The van der Waals surface area contributed by atoms with Gasteiger partial charge in [-0.3, -0.25) is 0 Å². The minimum absolute atomic E-state index is 0.0793. The van der Waals surface area contributed by atoms with E-state index in [4.69, 9.17) is 0 Å². The number of rotatable bonds is 2. The van der Waals surface area contributed by atoms with E-state index >= 15 is 0 Å². The fourth-order valence-corrected chi connectivity index (χ4v) is 0.984. The molecular weight excluding hydrogens is 189 g/mol. The van der Waals surface area contributed by atoms with Gasteiger partial charge in [-0.15, -0.1) is 0 Å². The van der Waals surface area contributed by atoms with E-state index < -0.39 is 18.7 Å². The third kappa shape index (κ3) is 4.30. The van der Waals surface area contributed by atoms with Gasteiger partial charge in [0.15, 0.2) is 0 Å². The Balaban J connectivity index is 0.000000791. The highest BCUT2D eigenvalue weighted by atomic mass is 19.3. The average molecular weight is 204 g/mol. The van der Waals surface area contributed by atoms with E-state index in [2.05, 4.69) is 0 Å². The monoisotopic (exact) mass is 204 g/mol. The number of hydrogen-bond donors (Lipinski definition) is 0.